The van der Waals surface area contributed by atoms with Gasteiger partial charge < -0.3 is 9.32 Å². The van der Waals surface area contributed by atoms with Crippen LogP contribution in [0.5, 0.6) is 0 Å². The summed E-state index contributed by atoms with van der Waals surface area (Å²) >= 11 is 0. The van der Waals surface area contributed by atoms with Crippen LogP contribution in [0.4, 0.5) is 17.1 Å². The zero-order valence-corrected chi connectivity index (χ0v) is 31.9. The molecule has 0 fully saturated rings. The highest BCUT2D eigenvalue weighted by atomic mass is 16.3. The molecular formula is C55H39NO. The van der Waals surface area contributed by atoms with E-state index < -0.39 is 0 Å². The molecule has 11 rings (SSSR count). The summed E-state index contributed by atoms with van der Waals surface area (Å²) in [6.45, 7) is 4.69. The molecular weight excluding hydrogens is 691 g/mol. The lowest BCUT2D eigenvalue weighted by Gasteiger charge is -2.28. The minimum atomic E-state index is -0.130. The van der Waals surface area contributed by atoms with Crippen LogP contribution in [-0.4, -0.2) is 0 Å². The molecule has 1 aliphatic carbocycles. The molecule has 0 radical (unpaired) electrons. The molecule has 0 N–H and O–H groups in total. The van der Waals surface area contributed by atoms with Gasteiger partial charge in [0.05, 0.1) is 5.69 Å². The molecule has 9 aromatic carbocycles. The van der Waals surface area contributed by atoms with Gasteiger partial charge in [0.25, 0.3) is 0 Å². The number of furan rings is 1. The Morgan fingerprint density at radius 3 is 1.68 bits per heavy atom. The summed E-state index contributed by atoms with van der Waals surface area (Å²) < 4.78 is 6.96. The highest BCUT2D eigenvalue weighted by molar-refractivity contribution is 6.21. The lowest BCUT2D eigenvalue weighted by Crippen LogP contribution is -2.16. The third kappa shape index (κ3) is 5.40. The van der Waals surface area contributed by atoms with E-state index in [1.165, 1.54) is 66.4 Å². The number of anilines is 3. The van der Waals surface area contributed by atoms with Crippen LogP contribution in [0, 0.1) is 0 Å². The van der Waals surface area contributed by atoms with Gasteiger partial charge >= 0.3 is 0 Å². The van der Waals surface area contributed by atoms with Gasteiger partial charge in [-0.1, -0.05) is 172 Å². The molecule has 0 aliphatic heterocycles. The number of fused-ring (bicyclic) bond motifs is 8. The van der Waals surface area contributed by atoms with Crippen LogP contribution in [-0.2, 0) is 5.41 Å². The Morgan fingerprint density at radius 2 is 0.965 bits per heavy atom. The third-order valence-electron chi connectivity index (χ3n) is 12.1. The molecule has 2 nitrogen and oxygen atoms in total. The molecule has 57 heavy (non-hydrogen) atoms. The van der Waals surface area contributed by atoms with Crippen LogP contribution in [0.15, 0.2) is 205 Å². The maximum Gasteiger partial charge on any atom is 0.159 e. The molecule has 1 heterocycles. The molecule has 0 atom stereocenters. The van der Waals surface area contributed by atoms with Crippen molar-refractivity contribution in [3.05, 3.63) is 211 Å². The molecule has 0 saturated carbocycles. The van der Waals surface area contributed by atoms with Gasteiger partial charge in [0.2, 0.25) is 0 Å². The fourth-order valence-corrected chi connectivity index (χ4v) is 9.13. The predicted octanol–water partition coefficient (Wildman–Crippen LogP) is 15.5. The van der Waals surface area contributed by atoms with Gasteiger partial charge in [-0.15, -0.1) is 0 Å². The van der Waals surface area contributed by atoms with Crippen LogP contribution in [0.2, 0.25) is 0 Å². The predicted molar refractivity (Wildman–Crippen MR) is 240 cm³/mol. The number of hydrogen-bond acceptors (Lipinski definition) is 2. The summed E-state index contributed by atoms with van der Waals surface area (Å²) in [5.74, 6) is 0. The average molecular weight is 730 g/mol. The fraction of sp³-hybridized carbons (Fsp3) is 0.0545. The molecule has 1 aromatic heterocycles. The Bertz CT molecular complexity index is 3120. The monoisotopic (exact) mass is 729 g/mol. The van der Waals surface area contributed by atoms with Crippen molar-refractivity contribution in [3.8, 4) is 44.5 Å². The Kier molecular flexibility index (Phi) is 7.55. The topological polar surface area (TPSA) is 16.4 Å². The molecule has 0 bridgehead atoms. The van der Waals surface area contributed by atoms with Crippen molar-refractivity contribution >= 4 is 49.8 Å². The van der Waals surface area contributed by atoms with Crippen molar-refractivity contribution in [1.29, 1.82) is 0 Å². The molecule has 0 spiro atoms. The summed E-state index contributed by atoms with van der Waals surface area (Å²) in [4.78, 5) is 2.38. The minimum Gasteiger partial charge on any atom is -0.454 e. The van der Waals surface area contributed by atoms with Crippen LogP contribution in [0.1, 0.15) is 25.0 Å². The van der Waals surface area contributed by atoms with E-state index in [1.807, 2.05) is 0 Å². The van der Waals surface area contributed by atoms with Crippen molar-refractivity contribution in [3.63, 3.8) is 0 Å². The second-order valence-electron chi connectivity index (χ2n) is 15.7. The van der Waals surface area contributed by atoms with E-state index >= 15 is 0 Å². The van der Waals surface area contributed by atoms with Crippen molar-refractivity contribution in [2.45, 2.75) is 19.3 Å². The quantitative estimate of drug-likeness (QED) is 0.169. The van der Waals surface area contributed by atoms with E-state index in [9.17, 15) is 0 Å². The molecule has 0 saturated heterocycles. The summed E-state index contributed by atoms with van der Waals surface area (Å²) in [5, 5.41) is 4.61. The molecule has 10 aromatic rings. The van der Waals surface area contributed by atoms with Crippen LogP contribution in [0.25, 0.3) is 77.2 Å². The van der Waals surface area contributed by atoms with E-state index in [4.69, 9.17) is 4.42 Å². The maximum atomic E-state index is 6.96. The normalized spacial score (nSPS) is 12.9. The van der Waals surface area contributed by atoms with Crippen LogP contribution >= 0.6 is 0 Å². The summed E-state index contributed by atoms with van der Waals surface area (Å²) in [6, 6.07) is 72.5. The second-order valence-corrected chi connectivity index (χ2v) is 15.7. The number of benzene rings is 9. The Labute approximate surface area is 332 Å². The van der Waals surface area contributed by atoms with Gasteiger partial charge in [-0.2, -0.15) is 0 Å². The highest BCUT2D eigenvalue weighted by Crippen LogP contribution is 2.51. The van der Waals surface area contributed by atoms with E-state index in [0.29, 0.717) is 0 Å². The standard InChI is InChI=1S/C55H39NO/c1-55(2)49-18-10-9-16-45(49)46-32-31-44(35-50(46)55)56(43-29-26-39(27-30-43)37-14-7-4-8-15-37)51-19-11-17-47-53-48-34-42(25-24-41(48)28-33-52(53)57-54(47)51)40-22-20-38(21-23-40)36-12-5-3-6-13-36/h3-35H,1-2H3. The van der Waals surface area contributed by atoms with Gasteiger partial charge in [-0.3, -0.25) is 0 Å². The first-order chi connectivity index (χ1) is 28.0. The minimum absolute atomic E-state index is 0.130. The van der Waals surface area contributed by atoms with Crippen molar-refractivity contribution in [2.24, 2.45) is 0 Å². The highest BCUT2D eigenvalue weighted by Gasteiger charge is 2.36. The lowest BCUT2D eigenvalue weighted by atomic mass is 9.82. The molecule has 0 unspecified atom stereocenters. The van der Waals surface area contributed by atoms with E-state index in [-0.39, 0.29) is 5.41 Å². The van der Waals surface area contributed by atoms with E-state index in [2.05, 4.69) is 219 Å². The van der Waals surface area contributed by atoms with Crippen molar-refractivity contribution in [1.82, 2.24) is 0 Å². The average Bonchev–Trinajstić information content (AvgIpc) is 3.77. The lowest BCUT2D eigenvalue weighted by molar-refractivity contribution is 0.660. The van der Waals surface area contributed by atoms with E-state index in [1.54, 1.807) is 0 Å². The zero-order chi connectivity index (χ0) is 38.1. The second kappa shape index (κ2) is 13.0. The van der Waals surface area contributed by atoms with Gasteiger partial charge in [-0.25, -0.2) is 0 Å². The molecule has 0 amide bonds. The molecule has 2 heteroatoms. The Balaban J connectivity index is 1.08. The summed E-state index contributed by atoms with van der Waals surface area (Å²) in [6.07, 6.45) is 0. The first-order valence-electron chi connectivity index (χ1n) is 19.8. The van der Waals surface area contributed by atoms with Gasteiger partial charge in [-0.05, 0) is 109 Å². The summed E-state index contributed by atoms with van der Waals surface area (Å²) in [5.41, 5.74) is 17.3. The van der Waals surface area contributed by atoms with Crippen molar-refractivity contribution in [2.75, 3.05) is 4.90 Å². The van der Waals surface area contributed by atoms with Crippen molar-refractivity contribution < 1.29 is 4.42 Å². The van der Waals surface area contributed by atoms with Gasteiger partial charge in [0.1, 0.15) is 5.58 Å². The number of hydrogen-bond donors (Lipinski definition) is 0. The first kappa shape index (κ1) is 33.2. The number of rotatable bonds is 6. The van der Waals surface area contributed by atoms with Crippen LogP contribution in [0.3, 0.4) is 0 Å². The van der Waals surface area contributed by atoms with E-state index in [0.717, 1.165) is 39.0 Å². The van der Waals surface area contributed by atoms with Gasteiger partial charge in [0.15, 0.2) is 5.58 Å². The number of para-hydroxylation sites is 1. The summed E-state index contributed by atoms with van der Waals surface area (Å²) in [7, 11) is 0. The SMILES string of the molecule is CC1(C)c2ccccc2-c2ccc(N(c3ccc(-c4ccccc4)cc3)c3cccc4c3oc3ccc5ccc(-c6ccc(-c7ccccc7)cc6)cc5c34)cc21. The number of nitrogens with zero attached hydrogens (tertiary/aromatic N) is 1. The van der Waals surface area contributed by atoms with Crippen LogP contribution < -0.4 is 4.90 Å². The Morgan fingerprint density at radius 1 is 0.404 bits per heavy atom. The van der Waals surface area contributed by atoms with Gasteiger partial charge in [0, 0.05) is 27.6 Å². The fourth-order valence-electron chi connectivity index (χ4n) is 9.13. The first-order valence-corrected chi connectivity index (χ1v) is 19.8. The largest absolute Gasteiger partial charge is 0.454 e. The Hall–Kier alpha value is -7.16. The smallest absolute Gasteiger partial charge is 0.159 e. The maximum absolute atomic E-state index is 6.96. The molecule has 270 valence electrons. The third-order valence-corrected chi connectivity index (χ3v) is 12.1. The molecule has 1 aliphatic rings. The zero-order valence-electron chi connectivity index (χ0n) is 31.9.